The van der Waals surface area contributed by atoms with Crippen molar-refractivity contribution in [2.45, 2.75) is 44.8 Å². The van der Waals surface area contributed by atoms with E-state index in [-0.39, 0.29) is 56.0 Å². The predicted molar refractivity (Wildman–Crippen MR) is 126 cm³/mol. The number of hydrogen-bond donors (Lipinski definition) is 2. The molecule has 2 atom stereocenters. The molecule has 0 bridgehead atoms. The minimum Gasteiger partial charge on any atom is -0.550 e. The molecule has 0 aliphatic heterocycles. The van der Waals surface area contributed by atoms with Gasteiger partial charge in [0.15, 0.2) is 0 Å². The standard InChI is InChI=1S/C22H28FN3O6S.Ca/c1-13(2)20-18(10-9-16(27)11-17(28)12-19(29)30)21(14-5-7-15(23)8-6-14)25-22(24-20)26(3)33(4,31)32;/h5-10,13,16-17,27-28H,11-12H2,1-4H3,(H,29,30);/q;+2/p-1/b10-9+;/t16-,17+;/m0./s1. The summed E-state index contributed by atoms with van der Waals surface area (Å²) in [6, 6.07) is 5.46. The van der Waals surface area contributed by atoms with E-state index in [0.717, 1.165) is 10.6 Å². The summed E-state index contributed by atoms with van der Waals surface area (Å²) < 4.78 is 38.6. The van der Waals surface area contributed by atoms with Gasteiger partial charge in [-0.05, 0) is 30.2 Å². The first-order valence-corrected chi connectivity index (χ1v) is 12.0. The van der Waals surface area contributed by atoms with Crippen LogP contribution in [0.1, 0.15) is 43.9 Å². The molecular weight excluding hydrogens is 493 g/mol. The topological polar surface area (TPSA) is 144 Å². The molecule has 0 spiro atoms. The van der Waals surface area contributed by atoms with E-state index in [1.165, 1.54) is 43.5 Å². The third kappa shape index (κ3) is 8.54. The van der Waals surface area contributed by atoms with E-state index in [4.69, 9.17) is 0 Å². The Morgan fingerprint density at radius 1 is 1.21 bits per heavy atom. The van der Waals surface area contributed by atoms with Crippen LogP contribution in [0, 0.1) is 5.82 Å². The fraction of sp³-hybridized carbons (Fsp3) is 0.409. The maximum Gasteiger partial charge on any atom is 2.00 e. The summed E-state index contributed by atoms with van der Waals surface area (Å²) in [5.74, 6) is -2.14. The molecule has 0 unspecified atom stereocenters. The predicted octanol–water partition coefficient (Wildman–Crippen LogP) is 0.686. The second kappa shape index (κ2) is 12.9. The molecule has 0 saturated heterocycles. The van der Waals surface area contributed by atoms with Crippen LogP contribution in [0.2, 0.25) is 0 Å². The molecule has 1 aromatic heterocycles. The summed E-state index contributed by atoms with van der Waals surface area (Å²) >= 11 is 0. The number of aliphatic hydroxyl groups excluding tert-OH is 2. The number of aromatic nitrogens is 2. The van der Waals surface area contributed by atoms with Gasteiger partial charge in [0.2, 0.25) is 16.0 Å². The molecule has 2 aromatic rings. The van der Waals surface area contributed by atoms with E-state index < -0.39 is 40.4 Å². The minimum atomic E-state index is -3.66. The van der Waals surface area contributed by atoms with E-state index in [9.17, 15) is 32.9 Å². The van der Waals surface area contributed by atoms with Crippen LogP contribution in [0.5, 0.6) is 0 Å². The second-order valence-corrected chi connectivity index (χ2v) is 9.97. The van der Waals surface area contributed by atoms with Gasteiger partial charge in [0.1, 0.15) is 5.82 Å². The maximum absolute atomic E-state index is 13.5. The van der Waals surface area contributed by atoms with Crippen molar-refractivity contribution in [1.29, 1.82) is 0 Å². The Morgan fingerprint density at radius 3 is 2.29 bits per heavy atom. The molecule has 9 nitrogen and oxygen atoms in total. The van der Waals surface area contributed by atoms with Gasteiger partial charge in [-0.1, -0.05) is 26.0 Å². The molecule has 12 heteroatoms. The fourth-order valence-electron chi connectivity index (χ4n) is 3.04. The Labute approximate surface area is 228 Å². The van der Waals surface area contributed by atoms with Gasteiger partial charge in [0.05, 0.1) is 29.9 Å². The molecule has 0 amide bonds. The Kier molecular flexibility index (Phi) is 11.5. The van der Waals surface area contributed by atoms with Crippen LogP contribution >= 0.6 is 0 Å². The molecule has 1 aromatic carbocycles. The molecule has 2 N–H and O–H groups in total. The van der Waals surface area contributed by atoms with Gasteiger partial charge in [0.25, 0.3) is 0 Å². The van der Waals surface area contributed by atoms with Gasteiger partial charge in [-0.15, -0.1) is 0 Å². The van der Waals surface area contributed by atoms with Crippen molar-refractivity contribution < 1.29 is 32.9 Å². The first-order chi connectivity index (χ1) is 15.3. The number of carbonyl (C=O) groups is 1. The first-order valence-electron chi connectivity index (χ1n) is 10.2. The molecular formula is C22H27CaFN3O6S+. The van der Waals surface area contributed by atoms with Crippen molar-refractivity contribution >= 4 is 65.8 Å². The zero-order valence-corrected chi connectivity index (χ0v) is 22.5. The van der Waals surface area contributed by atoms with Crippen LogP contribution in [0.4, 0.5) is 10.3 Å². The smallest absolute Gasteiger partial charge is 0.550 e. The number of carboxylic acid groups (broad SMARTS) is 1. The van der Waals surface area contributed by atoms with Gasteiger partial charge < -0.3 is 20.1 Å². The summed E-state index contributed by atoms with van der Waals surface area (Å²) in [5, 5.41) is 30.6. The normalized spacial score (nSPS) is 13.5. The van der Waals surface area contributed by atoms with Gasteiger partial charge in [0, 0.05) is 37.0 Å². The summed E-state index contributed by atoms with van der Waals surface area (Å²) in [5.41, 5.74) is 1.76. The van der Waals surface area contributed by atoms with Crippen molar-refractivity contribution in [3.05, 3.63) is 47.4 Å². The van der Waals surface area contributed by atoms with E-state index >= 15 is 0 Å². The third-order valence-electron chi connectivity index (χ3n) is 4.81. The molecule has 34 heavy (non-hydrogen) atoms. The largest absolute Gasteiger partial charge is 2.00 e. The van der Waals surface area contributed by atoms with Crippen LogP contribution in [-0.2, 0) is 14.8 Å². The number of carboxylic acids is 1. The summed E-state index contributed by atoms with van der Waals surface area (Å²) in [6.07, 6.45) is 0.578. The molecule has 180 valence electrons. The zero-order valence-electron chi connectivity index (χ0n) is 19.5. The number of benzene rings is 1. The second-order valence-electron chi connectivity index (χ2n) is 7.96. The molecule has 0 aliphatic rings. The van der Waals surface area contributed by atoms with Crippen LogP contribution in [0.25, 0.3) is 17.3 Å². The van der Waals surface area contributed by atoms with Crippen LogP contribution in [-0.4, -0.2) is 97.8 Å². The number of rotatable bonds is 10. The number of sulfonamides is 1. The van der Waals surface area contributed by atoms with Gasteiger partial charge in [-0.3, -0.25) is 0 Å². The van der Waals surface area contributed by atoms with Crippen molar-refractivity contribution in [2.75, 3.05) is 17.6 Å². The van der Waals surface area contributed by atoms with Crippen molar-refractivity contribution in [3.8, 4) is 11.3 Å². The number of anilines is 1. The summed E-state index contributed by atoms with van der Waals surface area (Å²) in [7, 11) is -2.34. The quantitative estimate of drug-likeness (QED) is 0.436. The van der Waals surface area contributed by atoms with Crippen LogP contribution in [0.15, 0.2) is 30.3 Å². The first kappa shape index (κ1) is 30.4. The van der Waals surface area contributed by atoms with Crippen molar-refractivity contribution in [3.63, 3.8) is 0 Å². The molecule has 0 fully saturated rings. The Bertz CT molecular complexity index is 1130. The Morgan fingerprint density at radius 2 is 1.79 bits per heavy atom. The van der Waals surface area contributed by atoms with E-state index in [0.29, 0.717) is 22.5 Å². The number of nitrogens with zero attached hydrogens (tertiary/aromatic N) is 3. The molecule has 2 rings (SSSR count). The maximum atomic E-state index is 13.5. The molecule has 0 radical (unpaired) electrons. The van der Waals surface area contributed by atoms with Gasteiger partial charge in [-0.2, -0.15) is 0 Å². The molecule has 0 saturated carbocycles. The number of aliphatic carboxylic acids is 1. The fourth-order valence-corrected chi connectivity index (χ4v) is 3.41. The molecule has 0 aliphatic carbocycles. The minimum absolute atomic E-state index is 0. The van der Waals surface area contributed by atoms with Gasteiger partial charge >= 0.3 is 37.7 Å². The third-order valence-corrected chi connectivity index (χ3v) is 5.97. The summed E-state index contributed by atoms with van der Waals surface area (Å²) in [4.78, 5) is 19.4. The molecule has 1 heterocycles. The number of hydrogen-bond acceptors (Lipinski definition) is 8. The van der Waals surface area contributed by atoms with E-state index in [1.54, 1.807) is 0 Å². The summed E-state index contributed by atoms with van der Waals surface area (Å²) in [6.45, 7) is 3.69. The van der Waals surface area contributed by atoms with Crippen LogP contribution in [0.3, 0.4) is 0 Å². The zero-order chi connectivity index (χ0) is 24.9. The van der Waals surface area contributed by atoms with E-state index in [1.807, 2.05) is 13.8 Å². The number of carbonyl (C=O) groups excluding carboxylic acids is 1. The number of aliphatic hydroxyl groups is 2. The monoisotopic (exact) mass is 520 g/mol. The number of halogens is 1. The van der Waals surface area contributed by atoms with Crippen molar-refractivity contribution in [2.24, 2.45) is 0 Å². The van der Waals surface area contributed by atoms with Gasteiger partial charge in [-0.25, -0.2) is 27.1 Å². The van der Waals surface area contributed by atoms with Crippen molar-refractivity contribution in [1.82, 2.24) is 9.97 Å². The Hall–Kier alpha value is -1.63. The average Bonchev–Trinajstić information content (AvgIpc) is 2.70. The van der Waals surface area contributed by atoms with E-state index in [2.05, 4.69) is 9.97 Å². The SMILES string of the molecule is CC(C)c1nc(N(C)S(C)(=O)=O)nc(-c2ccc(F)cc2)c1/C=C/[C@H](O)C[C@@H](O)CC(=O)[O-].[Ca+2]. The van der Waals surface area contributed by atoms with Crippen LogP contribution < -0.4 is 9.41 Å². The Balaban J connectivity index is 0.00000578. The average molecular weight is 521 g/mol.